The number of halogens is 1. The lowest BCUT2D eigenvalue weighted by Crippen LogP contribution is -2.39. The number of rotatable bonds is 8. The van der Waals surface area contributed by atoms with E-state index in [1.54, 1.807) is 30.7 Å². The molecule has 2 aromatic heterocycles. The van der Waals surface area contributed by atoms with E-state index in [0.29, 0.717) is 46.1 Å². The molecule has 4 rings (SSSR count). The first-order valence-corrected chi connectivity index (χ1v) is 11.6. The van der Waals surface area contributed by atoms with E-state index in [1.807, 2.05) is 6.07 Å². The zero-order valence-electron chi connectivity index (χ0n) is 19.8. The first-order valence-electron chi connectivity index (χ1n) is 11.6. The molecule has 1 aromatic carbocycles. The summed E-state index contributed by atoms with van der Waals surface area (Å²) >= 11 is 0. The Morgan fingerprint density at radius 2 is 2.03 bits per heavy atom. The van der Waals surface area contributed by atoms with Crippen molar-refractivity contribution in [1.82, 2.24) is 14.9 Å². The number of nitrogens with zero attached hydrogens (tertiary/aromatic N) is 4. The number of anilines is 1. The Kier molecular flexibility index (Phi) is 7.67. The molecule has 0 unspecified atom stereocenters. The maximum atomic E-state index is 14.4. The minimum Gasteiger partial charge on any atom is -0.453 e. The summed E-state index contributed by atoms with van der Waals surface area (Å²) in [5, 5.41) is 3.03. The molecule has 0 bridgehead atoms. The van der Waals surface area contributed by atoms with Gasteiger partial charge < -0.3 is 20.7 Å². The monoisotopic (exact) mass is 476 g/mol. The van der Waals surface area contributed by atoms with Crippen LogP contribution in [0.5, 0.6) is 11.5 Å². The number of piperidine rings is 1. The number of hydrogen-bond acceptors (Lipinski definition) is 7. The van der Waals surface area contributed by atoms with Gasteiger partial charge in [0.2, 0.25) is 6.41 Å². The van der Waals surface area contributed by atoms with Crippen LogP contribution in [0, 0.1) is 5.82 Å². The van der Waals surface area contributed by atoms with Crippen molar-refractivity contribution in [3.8, 4) is 11.5 Å². The van der Waals surface area contributed by atoms with Gasteiger partial charge in [-0.2, -0.15) is 0 Å². The first-order chi connectivity index (χ1) is 17.0. The third-order valence-electron chi connectivity index (χ3n) is 6.09. The molecule has 8 nitrogen and oxygen atoms in total. The molecule has 35 heavy (non-hydrogen) atoms. The van der Waals surface area contributed by atoms with Gasteiger partial charge in [-0.25, -0.2) is 4.39 Å². The molecule has 1 fully saturated rings. The SMILES string of the molecule is CC(C)N1CCC(N=CC(=CN)c2cc3nccc(Oc4ccc(NC=O)cc4F)c3cn2)CC1. The second-order valence-electron chi connectivity index (χ2n) is 8.67. The van der Waals surface area contributed by atoms with E-state index in [2.05, 4.69) is 34.0 Å². The Balaban J connectivity index is 1.51. The predicted octanol–water partition coefficient (Wildman–Crippen LogP) is 4.37. The van der Waals surface area contributed by atoms with Crippen molar-refractivity contribution >= 4 is 34.8 Å². The number of fused-ring (bicyclic) bond motifs is 1. The topological polar surface area (TPSA) is 106 Å². The van der Waals surface area contributed by atoms with Gasteiger partial charge in [0.1, 0.15) is 5.75 Å². The van der Waals surface area contributed by atoms with Gasteiger partial charge in [0.25, 0.3) is 0 Å². The molecule has 9 heteroatoms. The maximum Gasteiger partial charge on any atom is 0.211 e. The highest BCUT2D eigenvalue weighted by molar-refractivity contribution is 6.09. The second-order valence-corrected chi connectivity index (χ2v) is 8.67. The molecule has 3 heterocycles. The van der Waals surface area contributed by atoms with E-state index in [0.717, 1.165) is 25.9 Å². The van der Waals surface area contributed by atoms with E-state index in [-0.39, 0.29) is 11.8 Å². The zero-order chi connectivity index (χ0) is 24.8. The molecular weight excluding hydrogens is 447 g/mol. The minimum atomic E-state index is -0.602. The van der Waals surface area contributed by atoms with Crippen LogP contribution in [0.4, 0.5) is 10.1 Å². The number of aliphatic imine (C=N–C) groups is 1. The molecule has 1 amide bonds. The normalized spacial score (nSPS) is 15.7. The quantitative estimate of drug-likeness (QED) is 0.369. The molecule has 1 aliphatic rings. The number of hydrogen-bond donors (Lipinski definition) is 2. The minimum absolute atomic E-state index is 0.0243. The van der Waals surface area contributed by atoms with Crippen molar-refractivity contribution < 1.29 is 13.9 Å². The van der Waals surface area contributed by atoms with Gasteiger partial charge >= 0.3 is 0 Å². The Morgan fingerprint density at radius 1 is 1.23 bits per heavy atom. The van der Waals surface area contributed by atoms with E-state index in [9.17, 15) is 9.18 Å². The number of nitrogens with one attached hydrogen (secondary N) is 1. The van der Waals surface area contributed by atoms with Crippen LogP contribution in [-0.2, 0) is 4.79 Å². The summed E-state index contributed by atoms with van der Waals surface area (Å²) in [5.74, 6) is -0.167. The molecule has 1 saturated heterocycles. The molecule has 0 saturated carbocycles. The molecule has 0 aliphatic carbocycles. The molecule has 0 radical (unpaired) electrons. The largest absolute Gasteiger partial charge is 0.453 e. The number of benzene rings is 1. The summed E-state index contributed by atoms with van der Waals surface area (Å²) in [6, 6.07) is 8.46. The number of allylic oxidation sites excluding steroid dienone is 1. The molecule has 0 spiro atoms. The van der Waals surface area contributed by atoms with Gasteiger partial charge in [-0.3, -0.25) is 19.8 Å². The number of aromatic nitrogens is 2. The van der Waals surface area contributed by atoms with Crippen molar-refractivity contribution in [1.29, 1.82) is 0 Å². The van der Waals surface area contributed by atoms with Gasteiger partial charge in [0.05, 0.1) is 22.6 Å². The van der Waals surface area contributed by atoms with E-state index in [4.69, 9.17) is 15.5 Å². The fraction of sp³-hybridized carbons (Fsp3) is 0.308. The average molecular weight is 477 g/mol. The molecule has 1 aliphatic heterocycles. The standard InChI is InChI=1S/C26H29FN6O2/c1-17(2)33-9-6-19(7-10-33)30-14-18(13-28)23-12-24-21(15-31-23)25(5-8-29-24)35-26-4-3-20(32-16-34)11-22(26)27/h3-5,8,11-17,19H,6-7,9-10,28H2,1-2H3,(H,32,34). The lowest BCUT2D eigenvalue weighted by atomic mass is 10.0. The van der Waals surface area contributed by atoms with Crippen LogP contribution in [0.25, 0.3) is 16.5 Å². The molecule has 3 aromatic rings. The average Bonchev–Trinajstić information content (AvgIpc) is 2.86. The molecule has 3 N–H and O–H groups in total. The Hall–Kier alpha value is -3.85. The summed E-state index contributed by atoms with van der Waals surface area (Å²) in [4.78, 5) is 26.7. The Bertz CT molecular complexity index is 1250. The third kappa shape index (κ3) is 5.81. The van der Waals surface area contributed by atoms with Crippen LogP contribution < -0.4 is 15.8 Å². The van der Waals surface area contributed by atoms with Gasteiger partial charge in [-0.05, 0) is 51.0 Å². The smallest absolute Gasteiger partial charge is 0.211 e. The molecular formula is C26H29FN6O2. The summed E-state index contributed by atoms with van der Waals surface area (Å²) in [7, 11) is 0. The highest BCUT2D eigenvalue weighted by atomic mass is 19.1. The highest BCUT2D eigenvalue weighted by Gasteiger charge is 2.20. The van der Waals surface area contributed by atoms with Gasteiger partial charge in [-0.1, -0.05) is 0 Å². The van der Waals surface area contributed by atoms with E-state index in [1.165, 1.54) is 18.3 Å². The van der Waals surface area contributed by atoms with Gasteiger partial charge in [0.15, 0.2) is 11.6 Å². The second kappa shape index (κ2) is 11.1. The fourth-order valence-corrected chi connectivity index (χ4v) is 4.05. The number of amides is 1. The number of nitrogens with two attached hydrogens (primary N) is 1. The fourth-order valence-electron chi connectivity index (χ4n) is 4.05. The van der Waals surface area contributed by atoms with Crippen LogP contribution >= 0.6 is 0 Å². The van der Waals surface area contributed by atoms with Gasteiger partial charge in [0, 0.05) is 61.3 Å². The van der Waals surface area contributed by atoms with Crippen molar-refractivity contribution in [2.24, 2.45) is 10.7 Å². The van der Waals surface area contributed by atoms with Crippen molar-refractivity contribution in [3.05, 3.63) is 60.4 Å². The lowest BCUT2D eigenvalue weighted by Gasteiger charge is -2.33. The van der Waals surface area contributed by atoms with Crippen LogP contribution in [-0.4, -0.2) is 52.7 Å². The van der Waals surface area contributed by atoms with E-state index >= 15 is 0 Å². The summed E-state index contributed by atoms with van der Waals surface area (Å²) in [6.07, 6.45) is 9.01. The Labute approximate surface area is 203 Å². The maximum absolute atomic E-state index is 14.4. The predicted molar refractivity (Wildman–Crippen MR) is 136 cm³/mol. The van der Waals surface area contributed by atoms with Crippen LogP contribution in [0.15, 0.2) is 53.9 Å². The first kappa shape index (κ1) is 24.3. The number of carbonyl (C=O) groups excluding carboxylic acids is 1. The third-order valence-corrected chi connectivity index (χ3v) is 6.09. The summed E-state index contributed by atoms with van der Waals surface area (Å²) in [5.41, 5.74) is 8.21. The number of likely N-dealkylation sites (tertiary alicyclic amines) is 1. The van der Waals surface area contributed by atoms with Crippen LogP contribution in [0.3, 0.4) is 0 Å². The molecule has 0 atom stereocenters. The number of ether oxygens (including phenoxy) is 1. The van der Waals surface area contributed by atoms with Crippen molar-refractivity contribution in [2.75, 3.05) is 18.4 Å². The van der Waals surface area contributed by atoms with Crippen molar-refractivity contribution in [3.63, 3.8) is 0 Å². The number of carbonyl (C=O) groups is 1. The van der Waals surface area contributed by atoms with Crippen LogP contribution in [0.1, 0.15) is 32.4 Å². The summed E-state index contributed by atoms with van der Waals surface area (Å²) < 4.78 is 20.2. The summed E-state index contributed by atoms with van der Waals surface area (Å²) in [6.45, 7) is 6.51. The number of pyridine rings is 2. The van der Waals surface area contributed by atoms with Crippen molar-refractivity contribution in [2.45, 2.75) is 38.8 Å². The van der Waals surface area contributed by atoms with E-state index < -0.39 is 5.82 Å². The highest BCUT2D eigenvalue weighted by Crippen LogP contribution is 2.31. The Morgan fingerprint density at radius 3 is 2.71 bits per heavy atom. The molecule has 182 valence electrons. The lowest BCUT2D eigenvalue weighted by molar-refractivity contribution is -0.105. The zero-order valence-corrected chi connectivity index (χ0v) is 19.8. The van der Waals surface area contributed by atoms with Crippen LogP contribution in [0.2, 0.25) is 0 Å². The van der Waals surface area contributed by atoms with Gasteiger partial charge in [-0.15, -0.1) is 0 Å².